The zero-order chi connectivity index (χ0) is 7.78. The Hall–Kier alpha value is -0.570. The Kier molecular flexibility index (Phi) is 1.68. The minimum Gasteiger partial charge on any atom is -0.481 e. The van der Waals surface area contributed by atoms with E-state index >= 15 is 0 Å². The summed E-state index contributed by atoms with van der Waals surface area (Å²) in [6, 6.07) is 0.0126. The van der Waals surface area contributed by atoms with Gasteiger partial charge in [-0.05, 0) is 26.2 Å². The highest BCUT2D eigenvalue weighted by molar-refractivity contribution is 5.77. The second-order valence-electron chi connectivity index (χ2n) is 3.27. The second kappa shape index (κ2) is 2.23. The largest absolute Gasteiger partial charge is 0.481 e. The Balaban J connectivity index is 2.45. The van der Waals surface area contributed by atoms with Gasteiger partial charge in [0.2, 0.25) is 0 Å². The van der Waals surface area contributed by atoms with Gasteiger partial charge in [0.25, 0.3) is 0 Å². The van der Waals surface area contributed by atoms with Crippen LogP contribution in [0.25, 0.3) is 0 Å². The number of hydrogen-bond acceptors (Lipinski definition) is 2. The van der Waals surface area contributed by atoms with Gasteiger partial charge >= 0.3 is 5.97 Å². The highest BCUT2D eigenvalue weighted by atomic mass is 16.4. The fourth-order valence-corrected chi connectivity index (χ4v) is 1.27. The molecule has 1 unspecified atom stereocenters. The van der Waals surface area contributed by atoms with Crippen LogP contribution >= 0.6 is 0 Å². The quantitative estimate of drug-likeness (QED) is 0.607. The minimum atomic E-state index is -0.676. The molecule has 58 valence electrons. The Morgan fingerprint density at radius 1 is 1.80 bits per heavy atom. The number of carbonyl (C=O) groups is 1. The van der Waals surface area contributed by atoms with Crippen molar-refractivity contribution >= 4 is 5.97 Å². The summed E-state index contributed by atoms with van der Waals surface area (Å²) >= 11 is 0. The number of nitrogens with two attached hydrogens (primary N) is 1. The van der Waals surface area contributed by atoms with Crippen molar-refractivity contribution in [1.82, 2.24) is 0 Å². The van der Waals surface area contributed by atoms with Crippen LogP contribution in [0.5, 0.6) is 0 Å². The van der Waals surface area contributed by atoms with Gasteiger partial charge in [0.1, 0.15) is 0 Å². The highest BCUT2D eigenvalue weighted by Crippen LogP contribution is 2.49. The number of carboxylic acids is 1. The molecule has 0 bridgehead atoms. The molecule has 0 aromatic carbocycles. The predicted molar refractivity (Wildman–Crippen MR) is 37.6 cm³/mol. The van der Waals surface area contributed by atoms with E-state index in [4.69, 9.17) is 10.8 Å². The third kappa shape index (κ3) is 1.29. The normalized spacial score (nSPS) is 23.8. The summed E-state index contributed by atoms with van der Waals surface area (Å²) in [7, 11) is 0. The lowest BCUT2D eigenvalue weighted by Crippen LogP contribution is -2.25. The molecule has 1 atom stereocenters. The average Bonchev–Trinajstić information content (AvgIpc) is 2.46. The number of hydrogen-bond donors (Lipinski definition) is 2. The van der Waals surface area contributed by atoms with E-state index in [1.807, 2.05) is 6.92 Å². The van der Waals surface area contributed by atoms with Crippen LogP contribution in [0.2, 0.25) is 0 Å². The zero-order valence-corrected chi connectivity index (χ0v) is 6.13. The molecule has 0 saturated heterocycles. The molecular formula is C7H13NO2. The van der Waals surface area contributed by atoms with Crippen molar-refractivity contribution in [1.29, 1.82) is 0 Å². The van der Waals surface area contributed by atoms with Crippen LogP contribution in [0.3, 0.4) is 0 Å². The van der Waals surface area contributed by atoms with Gasteiger partial charge < -0.3 is 10.8 Å². The first-order valence-electron chi connectivity index (χ1n) is 3.56. The smallest absolute Gasteiger partial charge is 0.309 e. The topological polar surface area (TPSA) is 63.3 Å². The first-order valence-corrected chi connectivity index (χ1v) is 3.56. The van der Waals surface area contributed by atoms with E-state index in [1.165, 1.54) is 0 Å². The lowest BCUT2D eigenvalue weighted by atomic mass is 9.99. The minimum absolute atomic E-state index is 0.0126. The summed E-state index contributed by atoms with van der Waals surface area (Å²) in [5, 5.41) is 8.70. The van der Waals surface area contributed by atoms with Crippen molar-refractivity contribution in [3.8, 4) is 0 Å². The molecule has 1 saturated carbocycles. The predicted octanol–water partition coefficient (Wildman–Crippen LogP) is 0.588. The zero-order valence-electron chi connectivity index (χ0n) is 6.13. The van der Waals surface area contributed by atoms with E-state index in [0.29, 0.717) is 6.42 Å². The van der Waals surface area contributed by atoms with Crippen molar-refractivity contribution in [2.45, 2.75) is 32.2 Å². The van der Waals surface area contributed by atoms with Crippen molar-refractivity contribution in [2.24, 2.45) is 11.1 Å². The van der Waals surface area contributed by atoms with Crippen LogP contribution in [-0.4, -0.2) is 17.1 Å². The van der Waals surface area contributed by atoms with E-state index in [-0.39, 0.29) is 6.04 Å². The van der Waals surface area contributed by atoms with Gasteiger partial charge in [0.15, 0.2) is 0 Å². The van der Waals surface area contributed by atoms with E-state index in [9.17, 15) is 4.79 Å². The molecule has 3 nitrogen and oxygen atoms in total. The molecule has 0 radical (unpaired) electrons. The molecule has 1 rings (SSSR count). The second-order valence-corrected chi connectivity index (χ2v) is 3.27. The van der Waals surface area contributed by atoms with Crippen molar-refractivity contribution < 1.29 is 9.90 Å². The third-order valence-electron chi connectivity index (χ3n) is 2.02. The van der Waals surface area contributed by atoms with Gasteiger partial charge in [-0.2, -0.15) is 0 Å². The standard InChI is InChI=1S/C7H13NO2/c1-5(8)4-7(2-3-7)6(9)10/h5H,2-4,8H2,1H3,(H,9,10). The summed E-state index contributed by atoms with van der Waals surface area (Å²) < 4.78 is 0. The van der Waals surface area contributed by atoms with Gasteiger partial charge in [-0.25, -0.2) is 0 Å². The molecule has 0 aromatic rings. The molecule has 0 aromatic heterocycles. The summed E-state index contributed by atoms with van der Waals surface area (Å²) in [6.07, 6.45) is 2.25. The van der Waals surface area contributed by atoms with Crippen molar-refractivity contribution in [2.75, 3.05) is 0 Å². The maximum absolute atomic E-state index is 10.6. The SMILES string of the molecule is CC(N)CC1(C(=O)O)CC1. The van der Waals surface area contributed by atoms with E-state index in [0.717, 1.165) is 12.8 Å². The van der Waals surface area contributed by atoms with Crippen LogP contribution < -0.4 is 5.73 Å². The van der Waals surface area contributed by atoms with Gasteiger partial charge in [-0.3, -0.25) is 4.79 Å². The molecule has 3 N–H and O–H groups in total. The Bertz CT molecular complexity index is 150. The fourth-order valence-electron chi connectivity index (χ4n) is 1.27. The van der Waals surface area contributed by atoms with E-state index in [2.05, 4.69) is 0 Å². The lowest BCUT2D eigenvalue weighted by molar-refractivity contribution is -0.143. The van der Waals surface area contributed by atoms with Gasteiger partial charge in [-0.1, -0.05) is 0 Å². The summed E-state index contributed by atoms with van der Waals surface area (Å²) in [4.78, 5) is 10.6. The summed E-state index contributed by atoms with van der Waals surface area (Å²) in [5.74, 6) is -0.676. The van der Waals surface area contributed by atoms with Crippen LogP contribution in [0.1, 0.15) is 26.2 Å². The van der Waals surface area contributed by atoms with Crippen molar-refractivity contribution in [3.05, 3.63) is 0 Å². The van der Waals surface area contributed by atoms with Gasteiger partial charge in [0, 0.05) is 6.04 Å². The van der Waals surface area contributed by atoms with E-state index in [1.54, 1.807) is 0 Å². The van der Waals surface area contributed by atoms with E-state index < -0.39 is 11.4 Å². The monoisotopic (exact) mass is 143 g/mol. The first kappa shape index (κ1) is 7.54. The summed E-state index contributed by atoms with van der Waals surface area (Å²) in [5.41, 5.74) is 5.06. The number of carboxylic acid groups (broad SMARTS) is 1. The van der Waals surface area contributed by atoms with Crippen molar-refractivity contribution in [3.63, 3.8) is 0 Å². The molecule has 0 amide bonds. The van der Waals surface area contributed by atoms with Crippen LogP contribution in [0, 0.1) is 5.41 Å². The Morgan fingerprint density at radius 3 is 2.40 bits per heavy atom. The molecule has 3 heteroatoms. The maximum atomic E-state index is 10.6. The molecule has 1 fully saturated rings. The first-order chi connectivity index (χ1) is 4.57. The molecule has 10 heavy (non-hydrogen) atoms. The average molecular weight is 143 g/mol. The third-order valence-corrected chi connectivity index (χ3v) is 2.02. The molecule has 0 spiro atoms. The molecule has 0 heterocycles. The lowest BCUT2D eigenvalue weighted by Gasteiger charge is -2.11. The van der Waals surface area contributed by atoms with Gasteiger partial charge in [-0.15, -0.1) is 0 Å². The molecular weight excluding hydrogens is 130 g/mol. The van der Waals surface area contributed by atoms with Crippen LogP contribution in [0.15, 0.2) is 0 Å². The van der Waals surface area contributed by atoms with Crippen LogP contribution in [-0.2, 0) is 4.79 Å². The summed E-state index contributed by atoms with van der Waals surface area (Å²) in [6.45, 7) is 1.85. The van der Waals surface area contributed by atoms with Gasteiger partial charge in [0.05, 0.1) is 5.41 Å². The fraction of sp³-hybridized carbons (Fsp3) is 0.857. The molecule has 1 aliphatic rings. The molecule has 1 aliphatic carbocycles. The number of rotatable bonds is 3. The highest BCUT2D eigenvalue weighted by Gasteiger charge is 2.50. The molecule has 0 aliphatic heterocycles. The maximum Gasteiger partial charge on any atom is 0.309 e. The Labute approximate surface area is 60.2 Å². The number of aliphatic carboxylic acids is 1. The Morgan fingerprint density at radius 2 is 2.30 bits per heavy atom. The van der Waals surface area contributed by atoms with Crippen LogP contribution in [0.4, 0.5) is 0 Å².